The van der Waals surface area contributed by atoms with Crippen molar-refractivity contribution in [2.75, 3.05) is 18.6 Å². The first kappa shape index (κ1) is 29.1. The highest BCUT2D eigenvalue weighted by atomic mass is 32.2. The van der Waals surface area contributed by atoms with Gasteiger partial charge in [-0.25, -0.2) is 9.55 Å². The van der Waals surface area contributed by atoms with Crippen molar-refractivity contribution in [3.05, 3.63) is 76.7 Å². The van der Waals surface area contributed by atoms with Crippen LogP contribution in [0.25, 0.3) is 10.9 Å². The Kier molecular flexibility index (Phi) is 7.69. The summed E-state index contributed by atoms with van der Waals surface area (Å²) in [5, 5.41) is 25.9. The minimum absolute atomic E-state index is 0.0468. The number of thioether (sulfide) groups is 1. The van der Waals surface area contributed by atoms with E-state index in [1.807, 2.05) is 39.9 Å². The van der Waals surface area contributed by atoms with Gasteiger partial charge in [-0.15, -0.1) is 23.1 Å². The summed E-state index contributed by atoms with van der Waals surface area (Å²) in [7, 11) is 1.30. The maximum atomic E-state index is 13.2. The summed E-state index contributed by atoms with van der Waals surface area (Å²) in [6.07, 6.45) is 6.90. The van der Waals surface area contributed by atoms with Crippen molar-refractivity contribution < 1.29 is 33.3 Å². The van der Waals surface area contributed by atoms with Gasteiger partial charge in [0.05, 0.1) is 46.0 Å². The van der Waals surface area contributed by atoms with Gasteiger partial charge >= 0.3 is 0 Å². The second-order valence-electron chi connectivity index (χ2n) is 10.2. The number of amidine groups is 1. The van der Waals surface area contributed by atoms with Crippen LogP contribution < -0.4 is 21.1 Å². The Morgan fingerprint density at radius 1 is 1.36 bits per heavy atom. The van der Waals surface area contributed by atoms with Crippen molar-refractivity contribution in [3.63, 3.8) is 0 Å². The van der Waals surface area contributed by atoms with Gasteiger partial charge in [0.15, 0.2) is 35.6 Å². The first-order valence-corrected chi connectivity index (χ1v) is 15.2. The van der Waals surface area contributed by atoms with Gasteiger partial charge in [-0.2, -0.15) is 0 Å². The number of pyridine rings is 1. The number of Topliss-reactive ketones (excluding diaryl/α,β-unsaturated/α-hetero) is 1. The molecule has 6 heterocycles. The quantitative estimate of drug-likeness (QED) is 0.0681. The number of ketones is 1. The number of carboxylic acids is 1. The average Bonchev–Trinajstić information content (AvgIpc) is 3.74. The highest BCUT2D eigenvalue weighted by molar-refractivity contribution is 8.00. The molecule has 2 aliphatic rings. The summed E-state index contributed by atoms with van der Waals surface area (Å²) >= 11 is 2.54. The van der Waals surface area contributed by atoms with Gasteiger partial charge in [-0.3, -0.25) is 19.9 Å². The van der Waals surface area contributed by atoms with E-state index < -0.39 is 29.0 Å². The lowest BCUT2D eigenvalue weighted by Gasteiger charge is -2.50. The number of furan rings is 1. The predicted octanol–water partition coefficient (Wildman–Crippen LogP) is 0.438. The number of amides is 1. The normalized spacial score (nSPS) is 18.3. The Balaban J connectivity index is 1.18. The molecule has 1 amide bonds. The molecule has 0 aliphatic carbocycles. The maximum Gasteiger partial charge on any atom is 0.234 e. The Labute approximate surface area is 258 Å². The molecular formula is C28H26N8O6S2. The van der Waals surface area contributed by atoms with Crippen molar-refractivity contribution in [2.24, 2.45) is 16.8 Å². The molecule has 0 bridgehead atoms. The van der Waals surface area contributed by atoms with Crippen LogP contribution in [0.5, 0.6) is 0 Å². The number of aliphatic carboxylic acids is 1. The number of hydrogen-bond acceptors (Lipinski definition) is 12. The molecule has 2 aliphatic heterocycles. The molecule has 0 saturated carbocycles. The van der Waals surface area contributed by atoms with Crippen LogP contribution in [0.2, 0.25) is 0 Å². The molecule has 4 aromatic heterocycles. The number of nitrogens with two attached hydrogens (primary N) is 2. The molecule has 14 nitrogen and oxygen atoms in total. The van der Waals surface area contributed by atoms with E-state index in [9.17, 15) is 19.5 Å². The molecule has 16 heteroatoms. The van der Waals surface area contributed by atoms with Crippen LogP contribution in [-0.2, 0) is 32.3 Å². The minimum atomic E-state index is -1.45. The zero-order valence-corrected chi connectivity index (χ0v) is 24.9. The third-order valence-corrected chi connectivity index (χ3v) is 9.47. The highest BCUT2D eigenvalue weighted by Crippen LogP contribution is 2.45. The summed E-state index contributed by atoms with van der Waals surface area (Å²) in [6.45, 7) is 0.670. The van der Waals surface area contributed by atoms with Gasteiger partial charge < -0.3 is 35.2 Å². The van der Waals surface area contributed by atoms with E-state index in [1.165, 1.54) is 30.0 Å². The number of carboxylic acid groups (broad SMARTS) is 1. The largest absolute Gasteiger partial charge is 0.543 e. The summed E-state index contributed by atoms with van der Waals surface area (Å²) < 4.78 is 9.37. The number of rotatable bonds is 11. The highest BCUT2D eigenvalue weighted by Gasteiger charge is 2.53. The number of oxime groups is 1. The van der Waals surface area contributed by atoms with E-state index in [1.54, 1.807) is 11.4 Å². The maximum absolute atomic E-state index is 13.2. The molecule has 0 spiro atoms. The van der Waals surface area contributed by atoms with E-state index in [0.29, 0.717) is 29.2 Å². The molecule has 6 rings (SSSR count). The standard InChI is InChI=1S/C28H26N8O6S2/c1-41-33-22(19-13-44-28(31)32-19)21(37)7-18-25(38)36-23(27(39)40)16(12-43-26(18)36)9-34-4-3-20-14(8-34)2-5-35(20)10-17-6-15(11-42-17)24(29)30/h2-6,8,11,13,18,26H,7,9-10,12H2,1H3,(H5-,29,30,31,32,39,40)/b33-22-/t18-,26-/m1/s1. The van der Waals surface area contributed by atoms with E-state index in [4.69, 9.17) is 26.1 Å². The van der Waals surface area contributed by atoms with Crippen LogP contribution in [0.4, 0.5) is 5.13 Å². The van der Waals surface area contributed by atoms with Gasteiger partial charge in [-0.05, 0) is 12.1 Å². The number of β-lactam (4-membered cyclic amide) rings is 1. The zero-order chi connectivity index (χ0) is 31.1. The lowest BCUT2D eigenvalue weighted by atomic mass is 9.89. The van der Waals surface area contributed by atoms with Crippen LogP contribution in [0.3, 0.4) is 0 Å². The summed E-state index contributed by atoms with van der Waals surface area (Å²) in [4.78, 5) is 48.7. The molecule has 1 fully saturated rings. The number of hydrogen-bond donors (Lipinski definition) is 3. The van der Waals surface area contributed by atoms with Gasteiger partial charge in [0.2, 0.25) is 5.91 Å². The smallest absolute Gasteiger partial charge is 0.234 e. The average molecular weight is 635 g/mol. The molecule has 5 N–H and O–H groups in total. The van der Waals surface area contributed by atoms with Crippen LogP contribution in [0.1, 0.15) is 23.4 Å². The lowest BCUT2D eigenvalue weighted by Crippen LogP contribution is -2.63. The van der Waals surface area contributed by atoms with Gasteiger partial charge in [0, 0.05) is 35.4 Å². The monoisotopic (exact) mass is 634 g/mol. The van der Waals surface area contributed by atoms with Crippen LogP contribution >= 0.6 is 23.1 Å². The van der Waals surface area contributed by atoms with Crippen molar-refractivity contribution in [1.29, 1.82) is 5.41 Å². The topological polar surface area (TPSA) is 210 Å². The van der Waals surface area contributed by atoms with E-state index >= 15 is 0 Å². The third-order valence-electron chi connectivity index (χ3n) is 7.40. The molecule has 2 atom stereocenters. The molecule has 226 valence electrons. The second-order valence-corrected chi connectivity index (χ2v) is 12.2. The first-order valence-electron chi connectivity index (χ1n) is 13.3. The third kappa shape index (κ3) is 5.33. The molecular weight excluding hydrogens is 608 g/mol. The Morgan fingerprint density at radius 2 is 2.18 bits per heavy atom. The van der Waals surface area contributed by atoms with Gasteiger partial charge in [-0.1, -0.05) is 5.16 Å². The SMILES string of the molecule is CO/N=C(\C(=O)C[C@@H]1C(=O)N2C(C(=O)[O-])=C(C[n+]3ccc4c(ccn4Cc4cc(C(=N)N)co4)c3)CS[C@H]12)c1csc(N)n1. The number of carbonyl (C=O) groups is 3. The Hall–Kier alpha value is -4.96. The van der Waals surface area contributed by atoms with Gasteiger partial charge in [0.1, 0.15) is 30.7 Å². The molecule has 0 radical (unpaired) electrons. The summed E-state index contributed by atoms with van der Waals surface area (Å²) in [5.74, 6) is -2.18. The number of nitrogen functional groups attached to an aromatic ring is 2. The number of aromatic nitrogens is 3. The van der Waals surface area contributed by atoms with Crippen LogP contribution in [-0.4, -0.2) is 61.9 Å². The second kappa shape index (κ2) is 11.6. The Morgan fingerprint density at radius 3 is 2.86 bits per heavy atom. The van der Waals surface area contributed by atoms with E-state index in [-0.39, 0.29) is 41.0 Å². The summed E-state index contributed by atoms with van der Waals surface area (Å²) in [6, 6.07) is 5.57. The number of nitrogens with zero attached hydrogens (tertiary/aromatic N) is 5. The summed E-state index contributed by atoms with van der Waals surface area (Å²) in [5.41, 5.74) is 13.2. The van der Waals surface area contributed by atoms with Crippen LogP contribution in [0, 0.1) is 11.3 Å². The number of anilines is 1. The zero-order valence-electron chi connectivity index (χ0n) is 23.3. The predicted molar refractivity (Wildman–Crippen MR) is 159 cm³/mol. The number of carbonyl (C=O) groups excluding carboxylic acids is 3. The first-order chi connectivity index (χ1) is 21.1. The van der Waals surface area contributed by atoms with Crippen molar-refractivity contribution in [3.8, 4) is 0 Å². The molecule has 44 heavy (non-hydrogen) atoms. The van der Waals surface area contributed by atoms with E-state index in [2.05, 4.69) is 10.1 Å². The molecule has 1 saturated heterocycles. The van der Waals surface area contributed by atoms with Crippen LogP contribution in [0.15, 0.2) is 69.3 Å². The van der Waals surface area contributed by atoms with Crippen molar-refractivity contribution >= 4 is 68.3 Å². The molecule has 0 unspecified atom stereocenters. The number of nitrogens with one attached hydrogen (secondary N) is 1. The molecule has 0 aromatic carbocycles. The minimum Gasteiger partial charge on any atom is -0.543 e. The van der Waals surface area contributed by atoms with Crippen molar-refractivity contribution in [2.45, 2.75) is 24.9 Å². The number of fused-ring (bicyclic) bond motifs is 2. The Bertz CT molecular complexity index is 1890. The van der Waals surface area contributed by atoms with Gasteiger partial charge in [0.25, 0.3) is 0 Å². The lowest BCUT2D eigenvalue weighted by molar-refractivity contribution is -0.687. The number of thiazole rings is 1. The molecule has 4 aromatic rings. The van der Waals surface area contributed by atoms with E-state index in [0.717, 1.165) is 22.2 Å². The fourth-order valence-electron chi connectivity index (χ4n) is 5.37. The fraction of sp³-hybridized carbons (Fsp3) is 0.250. The van der Waals surface area contributed by atoms with Crippen molar-refractivity contribution in [1.82, 2.24) is 14.5 Å². The fourth-order valence-corrected chi connectivity index (χ4v) is 7.32.